The number of rotatable bonds is 1. The van der Waals surface area contributed by atoms with Crippen molar-refractivity contribution in [2.24, 2.45) is 17.8 Å². The zero-order chi connectivity index (χ0) is 11.8. The van der Waals surface area contributed by atoms with Crippen molar-refractivity contribution in [2.75, 3.05) is 6.61 Å². The minimum absolute atomic E-state index is 0.475. The molecule has 3 rings (SSSR count). The van der Waals surface area contributed by atoms with Crippen LogP contribution < -0.4 is 0 Å². The largest absolute Gasteiger partial charge is 0.377 e. The number of ether oxygens (including phenoxy) is 1. The predicted octanol–water partition coefficient (Wildman–Crippen LogP) is 4.10. The Morgan fingerprint density at radius 3 is 3.06 bits per heavy atom. The lowest BCUT2D eigenvalue weighted by Gasteiger charge is -2.45. The van der Waals surface area contributed by atoms with Gasteiger partial charge >= 0.3 is 0 Å². The quantitative estimate of drug-likeness (QED) is 0.618. The highest BCUT2D eigenvalue weighted by atomic mass is 16.5. The van der Waals surface area contributed by atoms with Crippen LogP contribution in [0, 0.1) is 17.8 Å². The van der Waals surface area contributed by atoms with Crippen molar-refractivity contribution < 1.29 is 4.74 Å². The smallest absolute Gasteiger partial charge is 0.0671 e. The van der Waals surface area contributed by atoms with Crippen LogP contribution in [0.3, 0.4) is 0 Å². The average Bonchev–Trinajstić information content (AvgIpc) is 2.34. The molecular formula is C16H24O. The van der Waals surface area contributed by atoms with Crippen molar-refractivity contribution in [3.8, 4) is 0 Å². The molecule has 0 amide bonds. The van der Waals surface area contributed by atoms with Crippen LogP contribution in [-0.4, -0.2) is 12.7 Å². The summed E-state index contributed by atoms with van der Waals surface area (Å²) in [5, 5.41) is 0. The van der Waals surface area contributed by atoms with E-state index in [9.17, 15) is 0 Å². The molecule has 1 heteroatoms. The molecule has 2 fully saturated rings. The van der Waals surface area contributed by atoms with Crippen LogP contribution in [-0.2, 0) is 4.74 Å². The van der Waals surface area contributed by atoms with E-state index in [0.717, 1.165) is 18.4 Å². The van der Waals surface area contributed by atoms with Gasteiger partial charge in [0.15, 0.2) is 0 Å². The minimum atomic E-state index is 0.475. The zero-order valence-corrected chi connectivity index (χ0v) is 11.0. The van der Waals surface area contributed by atoms with Gasteiger partial charge in [-0.1, -0.05) is 23.8 Å². The lowest BCUT2D eigenvalue weighted by atomic mass is 9.69. The maximum atomic E-state index is 6.22. The summed E-state index contributed by atoms with van der Waals surface area (Å²) in [7, 11) is 0. The first-order valence-corrected chi connectivity index (χ1v) is 7.19. The van der Waals surface area contributed by atoms with Crippen molar-refractivity contribution in [3.63, 3.8) is 0 Å². The van der Waals surface area contributed by atoms with Gasteiger partial charge in [0.05, 0.1) is 6.10 Å². The molecule has 0 aromatic rings. The summed E-state index contributed by atoms with van der Waals surface area (Å²) < 4.78 is 6.22. The highest BCUT2D eigenvalue weighted by Gasteiger charge is 2.40. The lowest BCUT2D eigenvalue weighted by Crippen LogP contribution is -2.43. The van der Waals surface area contributed by atoms with Crippen LogP contribution in [0.1, 0.15) is 45.4 Å². The maximum Gasteiger partial charge on any atom is 0.0671 e. The van der Waals surface area contributed by atoms with E-state index in [1.807, 2.05) is 0 Å². The van der Waals surface area contributed by atoms with Crippen molar-refractivity contribution in [1.29, 1.82) is 0 Å². The van der Waals surface area contributed by atoms with E-state index in [2.05, 4.69) is 19.6 Å². The van der Waals surface area contributed by atoms with Crippen LogP contribution in [0.2, 0.25) is 0 Å². The van der Waals surface area contributed by atoms with Gasteiger partial charge < -0.3 is 4.74 Å². The van der Waals surface area contributed by atoms with Gasteiger partial charge in [-0.3, -0.25) is 0 Å². The Balaban J connectivity index is 1.74. The Bertz CT molecular complexity index is 341. The second-order valence-corrected chi connectivity index (χ2v) is 6.30. The van der Waals surface area contributed by atoms with Gasteiger partial charge in [0.1, 0.15) is 0 Å². The highest BCUT2D eigenvalue weighted by Crippen LogP contribution is 2.44. The van der Waals surface area contributed by atoms with E-state index in [1.165, 1.54) is 44.1 Å². The molecule has 3 aliphatic rings. The summed E-state index contributed by atoms with van der Waals surface area (Å²) in [6, 6.07) is 0. The normalized spacial score (nSPS) is 42.2. The molecule has 0 spiro atoms. The molecule has 0 N–H and O–H groups in total. The topological polar surface area (TPSA) is 9.23 Å². The number of fused-ring (bicyclic) bond motifs is 2. The third-order valence-corrected chi connectivity index (χ3v) is 4.99. The van der Waals surface area contributed by atoms with E-state index < -0.39 is 0 Å². The lowest BCUT2D eigenvalue weighted by molar-refractivity contribution is -0.0881. The molecule has 2 bridgehead atoms. The molecular weight excluding hydrogens is 208 g/mol. The molecule has 1 saturated carbocycles. The summed E-state index contributed by atoms with van der Waals surface area (Å²) in [5.41, 5.74) is 3.03. The summed E-state index contributed by atoms with van der Waals surface area (Å²) in [6.45, 7) is 7.58. The Labute approximate surface area is 105 Å². The number of hydrogen-bond acceptors (Lipinski definition) is 1. The third-order valence-electron chi connectivity index (χ3n) is 4.99. The van der Waals surface area contributed by atoms with E-state index in [1.54, 1.807) is 5.57 Å². The first-order valence-electron chi connectivity index (χ1n) is 7.19. The zero-order valence-electron chi connectivity index (χ0n) is 11.0. The first-order chi connectivity index (χ1) is 8.24. The van der Waals surface area contributed by atoms with Gasteiger partial charge in [0.25, 0.3) is 0 Å². The minimum Gasteiger partial charge on any atom is -0.377 e. The summed E-state index contributed by atoms with van der Waals surface area (Å²) in [6.07, 6.45) is 10.6. The van der Waals surface area contributed by atoms with Gasteiger partial charge in [0.2, 0.25) is 0 Å². The van der Waals surface area contributed by atoms with Gasteiger partial charge in [0, 0.05) is 12.5 Å². The van der Waals surface area contributed by atoms with Crippen molar-refractivity contribution in [2.45, 2.75) is 51.6 Å². The molecule has 2 aliphatic carbocycles. The fourth-order valence-electron chi connectivity index (χ4n) is 3.99. The fourth-order valence-corrected chi connectivity index (χ4v) is 3.99. The van der Waals surface area contributed by atoms with Crippen LogP contribution in [0.5, 0.6) is 0 Å². The molecule has 0 unspecified atom stereocenters. The van der Waals surface area contributed by atoms with Gasteiger partial charge in [-0.25, -0.2) is 0 Å². The van der Waals surface area contributed by atoms with Crippen LogP contribution in [0.25, 0.3) is 0 Å². The molecule has 94 valence electrons. The van der Waals surface area contributed by atoms with Gasteiger partial charge in [-0.15, -0.1) is 0 Å². The number of allylic oxidation sites excluding steroid dienone is 2. The molecule has 0 radical (unpaired) electrons. The Hall–Kier alpha value is -0.560. The molecule has 0 aromatic carbocycles. The maximum absolute atomic E-state index is 6.22. The fraction of sp³-hybridized carbons (Fsp3) is 0.750. The van der Waals surface area contributed by atoms with Crippen LogP contribution in [0.4, 0.5) is 0 Å². The predicted molar refractivity (Wildman–Crippen MR) is 70.8 cm³/mol. The molecule has 17 heavy (non-hydrogen) atoms. The molecule has 1 saturated heterocycles. The second kappa shape index (κ2) is 4.61. The Morgan fingerprint density at radius 1 is 1.35 bits per heavy atom. The molecule has 0 aromatic heterocycles. The molecule has 1 heterocycles. The van der Waals surface area contributed by atoms with Crippen molar-refractivity contribution in [1.82, 2.24) is 0 Å². The summed E-state index contributed by atoms with van der Waals surface area (Å²) in [4.78, 5) is 0. The van der Waals surface area contributed by atoms with Gasteiger partial charge in [-0.2, -0.15) is 0 Å². The molecule has 1 aliphatic heterocycles. The molecule has 1 nitrogen and oxygen atoms in total. The highest BCUT2D eigenvalue weighted by molar-refractivity contribution is 5.13. The van der Waals surface area contributed by atoms with E-state index in [4.69, 9.17) is 4.74 Å². The monoisotopic (exact) mass is 232 g/mol. The Morgan fingerprint density at radius 2 is 2.24 bits per heavy atom. The van der Waals surface area contributed by atoms with Gasteiger partial charge in [-0.05, 0) is 57.3 Å². The second-order valence-electron chi connectivity index (χ2n) is 6.30. The van der Waals surface area contributed by atoms with E-state index >= 15 is 0 Å². The number of hydrogen-bond donors (Lipinski definition) is 0. The summed E-state index contributed by atoms with van der Waals surface area (Å²) >= 11 is 0. The standard InChI is InChI=1S/C16H24O/c1-11-4-3-5-14(8-11)16-15-9-13(10-17-16)7-6-12(15)2/h4,13-16H,2-3,5-10H2,1H3/t13-,14+,15-,16+/m1/s1. The van der Waals surface area contributed by atoms with E-state index in [-0.39, 0.29) is 0 Å². The SMILES string of the molecule is C=C1CC[C@H]2CO[C@@H]([C@H]3CCC=C(C)C3)[C@@H]1C2. The van der Waals surface area contributed by atoms with Crippen molar-refractivity contribution >= 4 is 0 Å². The third kappa shape index (κ3) is 2.22. The average molecular weight is 232 g/mol. The van der Waals surface area contributed by atoms with Crippen molar-refractivity contribution in [3.05, 3.63) is 23.8 Å². The van der Waals surface area contributed by atoms with E-state index in [0.29, 0.717) is 12.0 Å². The molecule has 4 atom stereocenters. The summed E-state index contributed by atoms with van der Waals surface area (Å²) in [5.74, 6) is 2.24. The van der Waals surface area contributed by atoms with Crippen LogP contribution in [0.15, 0.2) is 23.8 Å². The first kappa shape index (κ1) is 11.5. The Kier molecular flexibility index (Phi) is 3.12. The van der Waals surface area contributed by atoms with Crippen LogP contribution >= 0.6 is 0 Å².